The number of halogens is 3. The maximum absolute atomic E-state index is 14.1. The molecule has 8 heteroatoms. The molecule has 3 aromatic carbocycles. The van der Waals surface area contributed by atoms with Gasteiger partial charge in [0, 0.05) is 55.6 Å². The van der Waals surface area contributed by atoms with Crippen molar-refractivity contribution in [3.8, 4) is 5.75 Å². The van der Waals surface area contributed by atoms with Gasteiger partial charge in [0.2, 0.25) is 5.91 Å². The molecule has 0 aliphatic carbocycles. The molecule has 2 heterocycles. The van der Waals surface area contributed by atoms with Gasteiger partial charge in [0.05, 0.1) is 18.4 Å². The fraction of sp³-hybridized carbons (Fsp3) is 0.323. The number of nitrogens with one attached hydrogen (secondary N) is 1. The summed E-state index contributed by atoms with van der Waals surface area (Å²) < 4.78 is 47.9. The van der Waals surface area contributed by atoms with E-state index in [2.05, 4.69) is 9.88 Å². The second kappa shape index (κ2) is 11.0. The van der Waals surface area contributed by atoms with E-state index in [9.17, 15) is 18.0 Å². The van der Waals surface area contributed by atoms with Crippen LogP contribution >= 0.6 is 0 Å². The number of alkyl halides is 3. The Bertz CT molecular complexity index is 1450. The highest BCUT2D eigenvalue weighted by Crippen LogP contribution is 2.41. The minimum absolute atomic E-state index is 0.0505. The number of carbonyl (C=O) groups is 1. The summed E-state index contributed by atoms with van der Waals surface area (Å²) in [6.07, 6.45) is -2.02. The van der Waals surface area contributed by atoms with Gasteiger partial charge in [-0.1, -0.05) is 55.5 Å². The molecule has 0 radical (unpaired) electrons. The molecule has 0 bridgehead atoms. The lowest BCUT2D eigenvalue weighted by molar-refractivity contribution is -0.139. The van der Waals surface area contributed by atoms with Crippen LogP contribution in [0.1, 0.15) is 41.5 Å². The maximum atomic E-state index is 14.1. The zero-order chi connectivity index (χ0) is 27.6. The number of aryl methyl sites for hydroxylation is 1. The summed E-state index contributed by atoms with van der Waals surface area (Å²) in [5.41, 5.74) is 3.08. The Balaban J connectivity index is 1.45. The second-order valence-corrected chi connectivity index (χ2v) is 9.82. The Kier molecular flexibility index (Phi) is 7.55. The number of fused-ring (bicyclic) bond motifs is 1. The average Bonchev–Trinajstić information content (AvgIpc) is 3.39. The van der Waals surface area contributed by atoms with Crippen LogP contribution in [0.4, 0.5) is 18.9 Å². The van der Waals surface area contributed by atoms with Crippen LogP contribution in [0.25, 0.3) is 10.9 Å². The molecule has 4 aromatic rings. The van der Waals surface area contributed by atoms with Gasteiger partial charge < -0.3 is 19.5 Å². The van der Waals surface area contributed by atoms with Gasteiger partial charge in [-0.3, -0.25) is 4.79 Å². The van der Waals surface area contributed by atoms with E-state index in [0.717, 1.165) is 40.4 Å². The van der Waals surface area contributed by atoms with Crippen molar-refractivity contribution in [1.82, 2.24) is 9.88 Å². The lowest BCUT2D eigenvalue weighted by Crippen LogP contribution is -2.49. The number of benzene rings is 3. The molecule has 1 unspecified atom stereocenters. The van der Waals surface area contributed by atoms with Gasteiger partial charge >= 0.3 is 6.18 Å². The van der Waals surface area contributed by atoms with Gasteiger partial charge in [0.25, 0.3) is 0 Å². The molecule has 1 aromatic heterocycles. The number of para-hydroxylation sites is 3. The molecule has 39 heavy (non-hydrogen) atoms. The van der Waals surface area contributed by atoms with Crippen LogP contribution in [0.3, 0.4) is 0 Å². The molecule has 1 fully saturated rings. The molecule has 0 spiro atoms. The van der Waals surface area contributed by atoms with Crippen LogP contribution in [0.15, 0.2) is 72.9 Å². The number of hydrogen-bond acceptors (Lipinski definition) is 3. The van der Waals surface area contributed by atoms with E-state index < -0.39 is 17.7 Å². The summed E-state index contributed by atoms with van der Waals surface area (Å²) in [4.78, 5) is 20.9. The number of amides is 1. The second-order valence-electron chi connectivity index (χ2n) is 9.82. The quantitative estimate of drug-likeness (QED) is 0.289. The van der Waals surface area contributed by atoms with Crippen LogP contribution in [0, 0.1) is 0 Å². The highest BCUT2D eigenvalue weighted by Gasteiger charge is 2.37. The zero-order valence-corrected chi connectivity index (χ0v) is 22.1. The number of H-pyrrole nitrogens is 1. The molecule has 1 aliphatic heterocycles. The summed E-state index contributed by atoms with van der Waals surface area (Å²) in [7, 11) is 1.63. The lowest BCUT2D eigenvalue weighted by atomic mass is 9.84. The average molecular weight is 536 g/mol. The lowest BCUT2D eigenvalue weighted by Gasteiger charge is -2.37. The van der Waals surface area contributed by atoms with Gasteiger partial charge in [0.1, 0.15) is 5.75 Å². The molecule has 1 aliphatic rings. The smallest absolute Gasteiger partial charge is 0.416 e. The van der Waals surface area contributed by atoms with Crippen molar-refractivity contribution in [2.24, 2.45) is 0 Å². The summed E-state index contributed by atoms with van der Waals surface area (Å²) in [6.45, 7) is 4.24. The Morgan fingerprint density at radius 1 is 0.949 bits per heavy atom. The number of piperazine rings is 1. The number of ether oxygens (including phenoxy) is 1. The van der Waals surface area contributed by atoms with Gasteiger partial charge in [-0.15, -0.1) is 0 Å². The SMILES string of the molecule is CCc1cccc2c(C(CC(=O)N3CCN(c4ccccc4OC)CC3)c3ccccc3C(F)(F)F)c[nH]c12. The zero-order valence-electron chi connectivity index (χ0n) is 22.1. The van der Waals surface area contributed by atoms with Crippen molar-refractivity contribution in [3.05, 3.63) is 95.2 Å². The summed E-state index contributed by atoms with van der Waals surface area (Å²) in [5.74, 6) is -0.132. The monoisotopic (exact) mass is 535 g/mol. The molecule has 0 saturated carbocycles. The van der Waals surface area contributed by atoms with Crippen molar-refractivity contribution >= 4 is 22.5 Å². The van der Waals surface area contributed by atoms with Crippen LogP contribution < -0.4 is 9.64 Å². The van der Waals surface area contributed by atoms with Crippen LogP contribution in [-0.2, 0) is 17.4 Å². The summed E-state index contributed by atoms with van der Waals surface area (Å²) in [6, 6.07) is 19.2. The molecule has 204 valence electrons. The maximum Gasteiger partial charge on any atom is 0.416 e. The van der Waals surface area contributed by atoms with Crippen molar-refractivity contribution in [2.75, 3.05) is 38.2 Å². The predicted molar refractivity (Wildman–Crippen MR) is 147 cm³/mol. The van der Waals surface area contributed by atoms with E-state index in [0.29, 0.717) is 31.7 Å². The number of rotatable bonds is 7. The molecular weight excluding hydrogens is 503 g/mol. The molecule has 1 saturated heterocycles. The third-order valence-electron chi connectivity index (χ3n) is 7.67. The number of carbonyl (C=O) groups excluding carboxylic acids is 1. The Morgan fingerprint density at radius 3 is 2.38 bits per heavy atom. The number of anilines is 1. The molecule has 5 nitrogen and oxygen atoms in total. The van der Waals surface area contributed by atoms with Crippen molar-refractivity contribution in [1.29, 1.82) is 0 Å². The standard InChI is InChI=1S/C31H32F3N3O2/c1-3-21-9-8-11-23-25(20-35-30(21)23)24(22-10-4-5-12-26(22)31(32,33)34)19-29(38)37-17-15-36(16-18-37)27-13-6-7-14-28(27)39-2/h4-14,20,24,35H,3,15-19H2,1-2H3. The van der Waals surface area contributed by atoms with Gasteiger partial charge in [-0.25, -0.2) is 0 Å². The molecule has 1 atom stereocenters. The number of nitrogens with zero attached hydrogens (tertiary/aromatic N) is 2. The normalized spacial score (nSPS) is 15.0. The molecule has 1 amide bonds. The van der Waals surface area contributed by atoms with Crippen molar-refractivity contribution in [3.63, 3.8) is 0 Å². The number of aromatic amines is 1. The van der Waals surface area contributed by atoms with Gasteiger partial charge in [-0.2, -0.15) is 13.2 Å². The van der Waals surface area contributed by atoms with Crippen LogP contribution in [-0.4, -0.2) is 49.1 Å². The molecular formula is C31H32F3N3O2. The van der Waals surface area contributed by atoms with Crippen LogP contribution in [0.2, 0.25) is 0 Å². The number of aromatic nitrogens is 1. The Labute approximate surface area is 226 Å². The summed E-state index contributed by atoms with van der Waals surface area (Å²) in [5, 5.41) is 0.852. The highest BCUT2D eigenvalue weighted by molar-refractivity contribution is 5.88. The Hall–Kier alpha value is -3.94. The Morgan fingerprint density at radius 2 is 1.67 bits per heavy atom. The molecule has 5 rings (SSSR count). The highest BCUT2D eigenvalue weighted by atomic mass is 19.4. The summed E-state index contributed by atoms with van der Waals surface area (Å²) >= 11 is 0. The van der Waals surface area contributed by atoms with E-state index in [1.165, 1.54) is 12.1 Å². The molecule has 1 N–H and O–H groups in total. The van der Waals surface area contributed by atoms with Crippen LogP contribution in [0.5, 0.6) is 5.75 Å². The van der Waals surface area contributed by atoms with Crippen molar-refractivity contribution < 1.29 is 22.7 Å². The minimum atomic E-state index is -4.53. The first kappa shape index (κ1) is 26.7. The first-order chi connectivity index (χ1) is 18.8. The van der Waals surface area contributed by atoms with Gasteiger partial charge in [0.15, 0.2) is 0 Å². The first-order valence-electron chi connectivity index (χ1n) is 13.2. The first-order valence-corrected chi connectivity index (χ1v) is 13.2. The van der Waals surface area contributed by atoms with E-state index in [1.54, 1.807) is 24.3 Å². The fourth-order valence-electron chi connectivity index (χ4n) is 5.66. The van der Waals surface area contributed by atoms with Gasteiger partial charge in [-0.05, 0) is 41.3 Å². The number of methoxy groups -OCH3 is 1. The van der Waals surface area contributed by atoms with E-state index in [-0.39, 0.29) is 17.9 Å². The van der Waals surface area contributed by atoms with E-state index in [1.807, 2.05) is 49.4 Å². The van der Waals surface area contributed by atoms with Crippen molar-refractivity contribution in [2.45, 2.75) is 31.9 Å². The largest absolute Gasteiger partial charge is 0.495 e. The number of hydrogen-bond donors (Lipinski definition) is 1. The predicted octanol–water partition coefficient (Wildman–Crippen LogP) is 6.63. The van der Waals surface area contributed by atoms with E-state index in [4.69, 9.17) is 4.74 Å². The topological polar surface area (TPSA) is 48.6 Å². The third-order valence-corrected chi connectivity index (χ3v) is 7.67. The van der Waals surface area contributed by atoms with E-state index >= 15 is 0 Å². The fourth-order valence-corrected chi connectivity index (χ4v) is 5.66. The minimum Gasteiger partial charge on any atom is -0.495 e. The third kappa shape index (κ3) is 5.33.